The van der Waals surface area contributed by atoms with Gasteiger partial charge in [0, 0.05) is 4.47 Å². The second-order valence-corrected chi connectivity index (χ2v) is 4.40. The molecule has 0 aliphatic carbocycles. The zero-order valence-electron chi connectivity index (χ0n) is 8.00. The third kappa shape index (κ3) is 3.15. The van der Waals surface area contributed by atoms with Crippen molar-refractivity contribution in [3.05, 3.63) is 27.7 Å². The molecule has 1 aromatic carbocycles. The Morgan fingerprint density at radius 3 is 2.57 bits per heavy atom. The van der Waals surface area contributed by atoms with E-state index in [1.165, 1.54) is 0 Å². The molecule has 0 aromatic heterocycles. The Hall–Kier alpha value is -0.250. The van der Waals surface area contributed by atoms with Crippen LogP contribution in [0.1, 0.15) is 13.8 Å². The van der Waals surface area contributed by atoms with E-state index in [0.29, 0.717) is 10.8 Å². The summed E-state index contributed by atoms with van der Waals surface area (Å²) in [5.74, 6) is 0.659. The van der Waals surface area contributed by atoms with Gasteiger partial charge in [0.1, 0.15) is 11.9 Å². The summed E-state index contributed by atoms with van der Waals surface area (Å²) in [6, 6.07) is 5.33. The van der Waals surface area contributed by atoms with Crippen LogP contribution in [0.4, 0.5) is 0 Å². The molecule has 0 radical (unpaired) electrons. The van der Waals surface area contributed by atoms with Gasteiger partial charge in [-0.3, -0.25) is 0 Å². The fourth-order valence-corrected chi connectivity index (χ4v) is 1.28. The van der Waals surface area contributed by atoms with Crippen LogP contribution in [0.25, 0.3) is 0 Å². The Balaban J connectivity index is 2.73. The monoisotopic (exact) mass is 278 g/mol. The maximum Gasteiger partial charge on any atom is 0.121 e. The lowest BCUT2D eigenvalue weighted by Crippen LogP contribution is -2.25. The van der Waals surface area contributed by atoms with E-state index in [1.807, 2.05) is 6.07 Å². The van der Waals surface area contributed by atoms with Crippen molar-refractivity contribution in [2.45, 2.75) is 26.1 Å². The highest BCUT2D eigenvalue weighted by atomic mass is 79.9. The minimum atomic E-state index is -0.502. The van der Waals surface area contributed by atoms with Gasteiger partial charge < -0.3 is 9.84 Å². The van der Waals surface area contributed by atoms with Crippen molar-refractivity contribution >= 4 is 27.5 Å². The average molecular weight is 280 g/mol. The highest BCUT2D eigenvalue weighted by Gasteiger charge is 2.10. The van der Waals surface area contributed by atoms with E-state index in [1.54, 1.807) is 26.0 Å². The summed E-state index contributed by atoms with van der Waals surface area (Å²) in [4.78, 5) is 0. The summed E-state index contributed by atoms with van der Waals surface area (Å²) >= 11 is 9.18. The standard InChI is InChI=1S/C10H12BrClO2/c1-6(13)7(2)14-8-3-4-9(11)10(12)5-8/h3-7,13H,1-2H3. The van der Waals surface area contributed by atoms with Crippen molar-refractivity contribution < 1.29 is 9.84 Å². The third-order valence-corrected chi connectivity index (χ3v) is 3.12. The molecule has 0 spiro atoms. The van der Waals surface area contributed by atoms with Crippen LogP contribution in [0.15, 0.2) is 22.7 Å². The Morgan fingerprint density at radius 2 is 2.07 bits per heavy atom. The molecule has 0 bridgehead atoms. The molecule has 0 aliphatic rings. The Labute approximate surface area is 97.0 Å². The van der Waals surface area contributed by atoms with E-state index in [-0.39, 0.29) is 6.10 Å². The fraction of sp³-hybridized carbons (Fsp3) is 0.400. The zero-order valence-corrected chi connectivity index (χ0v) is 10.3. The predicted molar refractivity (Wildman–Crippen MR) is 60.9 cm³/mol. The van der Waals surface area contributed by atoms with Crippen LogP contribution in [0.5, 0.6) is 5.75 Å². The first-order valence-electron chi connectivity index (χ1n) is 4.30. The van der Waals surface area contributed by atoms with Gasteiger partial charge in [-0.25, -0.2) is 0 Å². The molecule has 2 unspecified atom stereocenters. The highest BCUT2D eigenvalue weighted by Crippen LogP contribution is 2.27. The van der Waals surface area contributed by atoms with Gasteiger partial charge in [-0.2, -0.15) is 0 Å². The molecule has 1 rings (SSSR count). The van der Waals surface area contributed by atoms with Crippen molar-refractivity contribution in [3.8, 4) is 5.75 Å². The number of ether oxygens (including phenoxy) is 1. The molecule has 0 saturated heterocycles. The molecule has 0 amide bonds. The maximum absolute atomic E-state index is 9.24. The first-order valence-corrected chi connectivity index (χ1v) is 5.47. The maximum atomic E-state index is 9.24. The van der Waals surface area contributed by atoms with Crippen LogP contribution in [-0.4, -0.2) is 17.3 Å². The van der Waals surface area contributed by atoms with Crippen molar-refractivity contribution in [2.24, 2.45) is 0 Å². The fourth-order valence-electron chi connectivity index (χ4n) is 0.863. The summed E-state index contributed by atoms with van der Waals surface area (Å²) in [5.41, 5.74) is 0. The quantitative estimate of drug-likeness (QED) is 0.920. The van der Waals surface area contributed by atoms with Gasteiger partial charge in [0.25, 0.3) is 0 Å². The van der Waals surface area contributed by atoms with E-state index in [4.69, 9.17) is 16.3 Å². The van der Waals surface area contributed by atoms with Crippen molar-refractivity contribution in [1.82, 2.24) is 0 Å². The van der Waals surface area contributed by atoms with Crippen LogP contribution in [0.2, 0.25) is 5.02 Å². The molecule has 1 N–H and O–H groups in total. The number of aliphatic hydroxyl groups is 1. The van der Waals surface area contributed by atoms with Crippen molar-refractivity contribution in [2.75, 3.05) is 0 Å². The second kappa shape index (κ2) is 5.01. The molecule has 0 fully saturated rings. The molecule has 78 valence electrons. The average Bonchev–Trinajstić information content (AvgIpc) is 2.11. The van der Waals surface area contributed by atoms with Crippen molar-refractivity contribution in [3.63, 3.8) is 0 Å². The molecule has 1 aromatic rings. The molecule has 0 aliphatic heterocycles. The lowest BCUT2D eigenvalue weighted by molar-refractivity contribution is 0.0604. The number of halogens is 2. The number of aliphatic hydroxyl groups excluding tert-OH is 1. The molecular weight excluding hydrogens is 267 g/mol. The topological polar surface area (TPSA) is 29.5 Å². The molecule has 4 heteroatoms. The first kappa shape index (κ1) is 11.8. The van der Waals surface area contributed by atoms with Crippen molar-refractivity contribution in [1.29, 1.82) is 0 Å². The molecule has 2 atom stereocenters. The number of rotatable bonds is 3. The molecular formula is C10H12BrClO2. The molecule has 0 heterocycles. The van der Waals surface area contributed by atoms with E-state index >= 15 is 0 Å². The SMILES string of the molecule is CC(O)C(C)Oc1ccc(Br)c(Cl)c1. The molecule has 2 nitrogen and oxygen atoms in total. The number of hydrogen-bond acceptors (Lipinski definition) is 2. The molecule has 14 heavy (non-hydrogen) atoms. The molecule has 0 saturated carbocycles. The van der Waals surface area contributed by atoms with Gasteiger partial charge in [-0.15, -0.1) is 0 Å². The Kier molecular flexibility index (Phi) is 4.23. The van der Waals surface area contributed by atoms with E-state index < -0.39 is 6.10 Å². The number of hydrogen-bond donors (Lipinski definition) is 1. The summed E-state index contributed by atoms with van der Waals surface area (Å²) in [6.45, 7) is 3.49. The number of benzene rings is 1. The highest BCUT2D eigenvalue weighted by molar-refractivity contribution is 9.10. The lowest BCUT2D eigenvalue weighted by atomic mass is 10.2. The van der Waals surface area contributed by atoms with E-state index in [0.717, 1.165) is 4.47 Å². The van der Waals surface area contributed by atoms with Gasteiger partial charge in [-0.1, -0.05) is 11.6 Å². The lowest BCUT2D eigenvalue weighted by Gasteiger charge is -2.17. The Bertz CT molecular complexity index is 315. The summed E-state index contributed by atoms with van der Waals surface area (Å²) in [7, 11) is 0. The summed E-state index contributed by atoms with van der Waals surface area (Å²) in [5, 5.41) is 9.84. The summed E-state index contributed by atoms with van der Waals surface area (Å²) in [6.07, 6.45) is -0.746. The Morgan fingerprint density at radius 1 is 1.43 bits per heavy atom. The second-order valence-electron chi connectivity index (χ2n) is 3.14. The zero-order chi connectivity index (χ0) is 10.7. The van der Waals surface area contributed by atoms with Gasteiger partial charge in [0.15, 0.2) is 0 Å². The normalized spacial score (nSPS) is 14.9. The van der Waals surface area contributed by atoms with Gasteiger partial charge in [0.2, 0.25) is 0 Å². The largest absolute Gasteiger partial charge is 0.488 e. The summed E-state index contributed by atoms with van der Waals surface area (Å²) < 4.78 is 6.29. The van der Waals surface area contributed by atoms with Gasteiger partial charge >= 0.3 is 0 Å². The first-order chi connectivity index (χ1) is 6.50. The van der Waals surface area contributed by atoms with Crippen LogP contribution in [0, 0.1) is 0 Å². The smallest absolute Gasteiger partial charge is 0.121 e. The van der Waals surface area contributed by atoms with E-state index in [9.17, 15) is 5.11 Å². The van der Waals surface area contributed by atoms with Gasteiger partial charge in [-0.05, 0) is 48.0 Å². The van der Waals surface area contributed by atoms with Crippen LogP contribution >= 0.6 is 27.5 Å². The third-order valence-electron chi connectivity index (χ3n) is 1.89. The van der Waals surface area contributed by atoms with Gasteiger partial charge in [0.05, 0.1) is 11.1 Å². The van der Waals surface area contributed by atoms with Crippen LogP contribution in [-0.2, 0) is 0 Å². The van der Waals surface area contributed by atoms with Crippen LogP contribution < -0.4 is 4.74 Å². The van der Waals surface area contributed by atoms with Crippen LogP contribution in [0.3, 0.4) is 0 Å². The minimum Gasteiger partial charge on any atom is -0.488 e. The van der Waals surface area contributed by atoms with E-state index in [2.05, 4.69) is 15.9 Å². The predicted octanol–water partition coefficient (Wildman–Crippen LogP) is 3.25. The minimum absolute atomic E-state index is 0.243.